The molecule has 0 amide bonds. The molecule has 2 aromatic carbocycles. The summed E-state index contributed by atoms with van der Waals surface area (Å²) < 4.78 is 0.631. The smallest absolute Gasteiger partial charge is 0.197 e. The van der Waals surface area contributed by atoms with Gasteiger partial charge in [-0.05, 0) is 21.3 Å². The molecule has 3 heteroatoms. The topological polar surface area (TPSA) is 25.8 Å². The molecule has 0 aliphatic rings. The van der Waals surface area contributed by atoms with Gasteiger partial charge >= 0.3 is 0 Å². The van der Waals surface area contributed by atoms with Gasteiger partial charge in [0.15, 0.2) is 4.73 Å². The first-order valence-corrected chi connectivity index (χ1v) is 5.44. The van der Waals surface area contributed by atoms with Crippen LogP contribution in [0.3, 0.4) is 0 Å². The minimum atomic E-state index is 0.631. The molecule has 3 rings (SSSR count). The number of fused-ring (bicyclic) bond motifs is 3. The van der Waals surface area contributed by atoms with Crippen molar-refractivity contribution in [3.8, 4) is 0 Å². The first kappa shape index (κ1) is 8.80. The lowest BCUT2D eigenvalue weighted by Crippen LogP contribution is -1.85. The van der Waals surface area contributed by atoms with Gasteiger partial charge in [0.2, 0.25) is 0 Å². The number of rotatable bonds is 0. The van der Waals surface area contributed by atoms with Crippen molar-refractivity contribution in [3.63, 3.8) is 0 Å². The molecule has 0 fully saturated rings. The van der Waals surface area contributed by atoms with E-state index in [4.69, 9.17) is 0 Å². The molecule has 0 aliphatic carbocycles. The van der Waals surface area contributed by atoms with Crippen molar-refractivity contribution in [1.82, 2.24) is 9.97 Å². The summed E-state index contributed by atoms with van der Waals surface area (Å²) in [4.78, 5) is 8.53. The predicted molar refractivity (Wildman–Crippen MR) is 64.7 cm³/mol. The van der Waals surface area contributed by atoms with Crippen molar-refractivity contribution in [2.75, 3.05) is 0 Å². The summed E-state index contributed by atoms with van der Waals surface area (Å²) in [5, 5.41) is 3.44. The molecule has 0 saturated carbocycles. The van der Waals surface area contributed by atoms with Crippen molar-refractivity contribution in [2.45, 2.75) is 0 Å². The maximum Gasteiger partial charge on any atom is 0.197 e. The standard InChI is InChI=1S/C12H7BrN2/c13-12-14-7-9-6-5-8-3-1-2-4-10(8)11(9)15-12/h1-7H. The lowest BCUT2D eigenvalue weighted by molar-refractivity contribution is 1.16. The predicted octanol–water partition coefficient (Wildman–Crippen LogP) is 3.55. The molecule has 72 valence electrons. The maximum absolute atomic E-state index is 4.41. The molecule has 0 spiro atoms. The number of halogens is 1. The second-order valence-corrected chi connectivity index (χ2v) is 4.07. The average Bonchev–Trinajstić information content (AvgIpc) is 2.29. The van der Waals surface area contributed by atoms with Crippen LogP contribution in [-0.4, -0.2) is 9.97 Å². The van der Waals surface area contributed by atoms with E-state index in [0.717, 1.165) is 16.3 Å². The van der Waals surface area contributed by atoms with Crippen LogP contribution in [-0.2, 0) is 0 Å². The Bertz CT molecular complexity index is 649. The van der Waals surface area contributed by atoms with Gasteiger partial charge in [0, 0.05) is 17.0 Å². The van der Waals surface area contributed by atoms with Gasteiger partial charge in [0.05, 0.1) is 5.52 Å². The van der Waals surface area contributed by atoms with E-state index in [1.165, 1.54) is 5.39 Å². The van der Waals surface area contributed by atoms with Crippen LogP contribution in [0, 0.1) is 0 Å². The highest BCUT2D eigenvalue weighted by Crippen LogP contribution is 2.23. The number of hydrogen-bond acceptors (Lipinski definition) is 2. The van der Waals surface area contributed by atoms with E-state index in [0.29, 0.717) is 4.73 Å². The largest absolute Gasteiger partial charge is 0.230 e. The zero-order chi connectivity index (χ0) is 10.3. The van der Waals surface area contributed by atoms with Gasteiger partial charge in [0.1, 0.15) is 0 Å². The van der Waals surface area contributed by atoms with E-state index in [-0.39, 0.29) is 0 Å². The van der Waals surface area contributed by atoms with E-state index in [9.17, 15) is 0 Å². The third-order valence-electron chi connectivity index (χ3n) is 2.45. The minimum Gasteiger partial charge on any atom is -0.230 e. The van der Waals surface area contributed by atoms with Crippen molar-refractivity contribution in [3.05, 3.63) is 47.3 Å². The molecular formula is C12H7BrN2. The third-order valence-corrected chi connectivity index (χ3v) is 2.83. The molecule has 1 aromatic heterocycles. The molecule has 0 radical (unpaired) electrons. The second-order valence-electron chi connectivity index (χ2n) is 3.36. The number of hydrogen-bond donors (Lipinski definition) is 0. The highest BCUT2D eigenvalue weighted by Gasteiger charge is 2.01. The lowest BCUT2D eigenvalue weighted by Gasteiger charge is -2.02. The van der Waals surface area contributed by atoms with Crippen LogP contribution in [0.15, 0.2) is 47.3 Å². The Morgan fingerprint density at radius 1 is 0.933 bits per heavy atom. The molecule has 15 heavy (non-hydrogen) atoms. The molecule has 0 unspecified atom stereocenters. The Morgan fingerprint density at radius 3 is 2.67 bits per heavy atom. The van der Waals surface area contributed by atoms with Crippen LogP contribution in [0.1, 0.15) is 0 Å². The monoisotopic (exact) mass is 258 g/mol. The quantitative estimate of drug-likeness (QED) is 0.455. The molecule has 2 nitrogen and oxygen atoms in total. The Hall–Kier alpha value is -1.48. The number of nitrogens with zero attached hydrogens (tertiary/aromatic N) is 2. The Labute approximate surface area is 95.1 Å². The van der Waals surface area contributed by atoms with E-state index in [1.807, 2.05) is 24.4 Å². The summed E-state index contributed by atoms with van der Waals surface area (Å²) in [5.41, 5.74) is 0.995. The van der Waals surface area contributed by atoms with Crippen molar-refractivity contribution >= 4 is 37.6 Å². The van der Waals surface area contributed by atoms with Crippen LogP contribution < -0.4 is 0 Å². The van der Waals surface area contributed by atoms with Gasteiger partial charge in [-0.1, -0.05) is 36.4 Å². The fourth-order valence-electron chi connectivity index (χ4n) is 1.74. The summed E-state index contributed by atoms with van der Waals surface area (Å²) in [7, 11) is 0. The van der Waals surface area contributed by atoms with E-state index >= 15 is 0 Å². The fourth-order valence-corrected chi connectivity index (χ4v) is 2.02. The van der Waals surface area contributed by atoms with Gasteiger partial charge in [-0.3, -0.25) is 0 Å². The van der Waals surface area contributed by atoms with Crippen molar-refractivity contribution in [2.24, 2.45) is 0 Å². The first-order chi connectivity index (χ1) is 7.34. The third kappa shape index (κ3) is 1.39. The van der Waals surface area contributed by atoms with Crippen LogP contribution in [0.2, 0.25) is 0 Å². The SMILES string of the molecule is Brc1ncc2ccc3ccccc3c2n1. The molecule has 0 atom stereocenters. The highest BCUT2D eigenvalue weighted by atomic mass is 79.9. The first-order valence-electron chi connectivity index (χ1n) is 4.64. The van der Waals surface area contributed by atoms with Crippen LogP contribution in [0.4, 0.5) is 0 Å². The van der Waals surface area contributed by atoms with E-state index < -0.39 is 0 Å². The molecule has 0 saturated heterocycles. The van der Waals surface area contributed by atoms with Gasteiger partial charge in [0.25, 0.3) is 0 Å². The molecule has 0 aliphatic heterocycles. The van der Waals surface area contributed by atoms with Gasteiger partial charge < -0.3 is 0 Å². The Kier molecular flexibility index (Phi) is 1.92. The lowest BCUT2D eigenvalue weighted by atomic mass is 10.1. The van der Waals surface area contributed by atoms with Crippen molar-refractivity contribution in [1.29, 1.82) is 0 Å². The maximum atomic E-state index is 4.41. The summed E-state index contributed by atoms with van der Waals surface area (Å²) in [6.07, 6.45) is 1.83. The van der Waals surface area contributed by atoms with E-state index in [2.05, 4.69) is 44.1 Å². The van der Waals surface area contributed by atoms with Gasteiger partial charge in [-0.25, -0.2) is 9.97 Å². The molecule has 3 aromatic rings. The zero-order valence-electron chi connectivity index (χ0n) is 7.81. The van der Waals surface area contributed by atoms with E-state index in [1.54, 1.807) is 0 Å². The number of benzene rings is 2. The molecule has 0 N–H and O–H groups in total. The fraction of sp³-hybridized carbons (Fsp3) is 0. The second kappa shape index (κ2) is 3.28. The average molecular weight is 259 g/mol. The minimum absolute atomic E-state index is 0.631. The molecule has 0 bridgehead atoms. The van der Waals surface area contributed by atoms with Gasteiger partial charge in [-0.15, -0.1) is 0 Å². The highest BCUT2D eigenvalue weighted by molar-refractivity contribution is 9.10. The summed E-state index contributed by atoms with van der Waals surface area (Å²) in [6, 6.07) is 12.4. The van der Waals surface area contributed by atoms with Crippen LogP contribution in [0.25, 0.3) is 21.7 Å². The Balaban J connectivity index is 2.57. The summed E-state index contributed by atoms with van der Waals surface area (Å²) in [5.74, 6) is 0. The normalized spacial score (nSPS) is 11.0. The van der Waals surface area contributed by atoms with Crippen LogP contribution in [0.5, 0.6) is 0 Å². The van der Waals surface area contributed by atoms with Crippen molar-refractivity contribution < 1.29 is 0 Å². The van der Waals surface area contributed by atoms with Gasteiger partial charge in [-0.2, -0.15) is 0 Å². The summed E-state index contributed by atoms with van der Waals surface area (Å²) >= 11 is 3.30. The molecule has 1 heterocycles. The molecular weight excluding hydrogens is 252 g/mol. The number of aromatic nitrogens is 2. The summed E-state index contributed by atoms with van der Waals surface area (Å²) in [6.45, 7) is 0. The zero-order valence-corrected chi connectivity index (χ0v) is 9.40. The Morgan fingerprint density at radius 2 is 1.73 bits per heavy atom. The van der Waals surface area contributed by atoms with Crippen LogP contribution >= 0.6 is 15.9 Å².